The second kappa shape index (κ2) is 4.84. The fraction of sp³-hybridized carbons (Fsp3) is 0.308. The van der Waals surface area contributed by atoms with Crippen molar-refractivity contribution < 1.29 is 4.74 Å². The van der Waals surface area contributed by atoms with Gasteiger partial charge in [-0.3, -0.25) is 0 Å². The van der Waals surface area contributed by atoms with Crippen LogP contribution in [0.5, 0.6) is 0 Å². The second-order valence-electron chi connectivity index (χ2n) is 3.66. The Labute approximate surface area is 95.8 Å². The number of nitrogens with zero attached hydrogens (tertiary/aromatic N) is 1. The summed E-state index contributed by atoms with van der Waals surface area (Å²) in [7, 11) is 3.60. The highest BCUT2D eigenvalue weighted by Gasteiger charge is 2.11. The van der Waals surface area contributed by atoms with E-state index in [4.69, 9.17) is 4.74 Å². The third-order valence-corrected chi connectivity index (χ3v) is 2.70. The van der Waals surface area contributed by atoms with Gasteiger partial charge in [0.1, 0.15) is 11.6 Å². The number of nitrogens with one attached hydrogen (secondary N) is 1. The Kier molecular flexibility index (Phi) is 3.25. The van der Waals surface area contributed by atoms with Crippen LogP contribution in [0.3, 0.4) is 0 Å². The molecule has 0 saturated carbocycles. The van der Waals surface area contributed by atoms with Crippen LogP contribution in [0.15, 0.2) is 36.2 Å². The zero-order chi connectivity index (χ0) is 11.4. The molecule has 1 aromatic heterocycles. The number of allylic oxidation sites excluding steroid dienone is 4. The van der Waals surface area contributed by atoms with Gasteiger partial charge in [0.15, 0.2) is 0 Å². The topological polar surface area (TPSA) is 34.1 Å². The van der Waals surface area contributed by atoms with Gasteiger partial charge < -0.3 is 10.1 Å². The number of hydrogen-bond acceptors (Lipinski definition) is 3. The highest BCUT2D eigenvalue weighted by Crippen LogP contribution is 2.28. The van der Waals surface area contributed by atoms with Gasteiger partial charge in [-0.2, -0.15) is 0 Å². The van der Waals surface area contributed by atoms with Gasteiger partial charge >= 0.3 is 0 Å². The zero-order valence-electron chi connectivity index (χ0n) is 9.66. The van der Waals surface area contributed by atoms with Crippen molar-refractivity contribution in [1.82, 2.24) is 4.98 Å². The Bertz CT molecular complexity index is 435. The first-order valence-electron chi connectivity index (χ1n) is 5.43. The van der Waals surface area contributed by atoms with Gasteiger partial charge in [-0.25, -0.2) is 4.98 Å². The third-order valence-electron chi connectivity index (χ3n) is 2.70. The van der Waals surface area contributed by atoms with Crippen molar-refractivity contribution >= 4 is 11.4 Å². The van der Waals surface area contributed by atoms with Gasteiger partial charge in [0.25, 0.3) is 0 Å². The number of methoxy groups -OCH3 is 1. The summed E-state index contributed by atoms with van der Waals surface area (Å²) in [6.07, 6.45) is 8.13. The molecule has 3 heteroatoms. The van der Waals surface area contributed by atoms with E-state index in [1.54, 1.807) is 7.11 Å². The highest BCUT2D eigenvalue weighted by atomic mass is 16.5. The molecule has 1 N–H and O–H groups in total. The molecule has 84 valence electrons. The fourth-order valence-corrected chi connectivity index (χ4v) is 1.85. The van der Waals surface area contributed by atoms with E-state index in [-0.39, 0.29) is 0 Å². The van der Waals surface area contributed by atoms with E-state index in [0.717, 1.165) is 35.6 Å². The summed E-state index contributed by atoms with van der Waals surface area (Å²) in [6, 6.07) is 4.04. The summed E-state index contributed by atoms with van der Waals surface area (Å²) in [5.74, 6) is 1.93. The molecule has 0 spiro atoms. The average molecular weight is 216 g/mol. The first-order valence-corrected chi connectivity index (χ1v) is 5.43. The SMILES string of the molecule is CNc1cc(C2=C(OC)CCC=C2)ccn1. The van der Waals surface area contributed by atoms with Gasteiger partial charge in [-0.1, -0.05) is 12.2 Å². The molecular formula is C13H16N2O. The molecule has 1 heterocycles. The number of ether oxygens (including phenoxy) is 1. The van der Waals surface area contributed by atoms with Crippen LogP contribution in [0.1, 0.15) is 18.4 Å². The van der Waals surface area contributed by atoms with Gasteiger partial charge in [-0.05, 0) is 24.1 Å². The van der Waals surface area contributed by atoms with Crippen molar-refractivity contribution in [3.05, 3.63) is 41.8 Å². The van der Waals surface area contributed by atoms with E-state index in [9.17, 15) is 0 Å². The molecule has 0 unspecified atom stereocenters. The van der Waals surface area contributed by atoms with Crippen LogP contribution in [0, 0.1) is 0 Å². The molecule has 2 rings (SSSR count). The van der Waals surface area contributed by atoms with Crippen molar-refractivity contribution in [2.45, 2.75) is 12.8 Å². The maximum atomic E-state index is 5.42. The third kappa shape index (κ3) is 2.08. The van der Waals surface area contributed by atoms with E-state index in [1.165, 1.54) is 0 Å². The Morgan fingerprint density at radius 2 is 2.31 bits per heavy atom. The Morgan fingerprint density at radius 3 is 3.06 bits per heavy atom. The number of pyridine rings is 1. The molecule has 0 amide bonds. The maximum Gasteiger partial charge on any atom is 0.126 e. The van der Waals surface area contributed by atoms with Crippen molar-refractivity contribution in [3.63, 3.8) is 0 Å². The van der Waals surface area contributed by atoms with E-state index < -0.39 is 0 Å². The molecule has 0 atom stereocenters. The van der Waals surface area contributed by atoms with E-state index in [0.29, 0.717) is 0 Å². The first-order chi connectivity index (χ1) is 7.85. The van der Waals surface area contributed by atoms with Crippen molar-refractivity contribution in [2.75, 3.05) is 19.5 Å². The summed E-state index contributed by atoms with van der Waals surface area (Å²) in [4.78, 5) is 4.20. The van der Waals surface area contributed by atoms with Crippen molar-refractivity contribution in [3.8, 4) is 0 Å². The minimum absolute atomic E-state index is 0.874. The Balaban J connectivity index is 2.41. The van der Waals surface area contributed by atoms with Gasteiger partial charge in [-0.15, -0.1) is 0 Å². The predicted octanol–water partition coefficient (Wildman–Crippen LogP) is 2.83. The smallest absolute Gasteiger partial charge is 0.126 e. The molecule has 16 heavy (non-hydrogen) atoms. The predicted molar refractivity (Wildman–Crippen MR) is 66.1 cm³/mol. The van der Waals surface area contributed by atoms with E-state index in [2.05, 4.69) is 22.5 Å². The minimum atomic E-state index is 0.874. The number of rotatable bonds is 3. The van der Waals surface area contributed by atoms with Gasteiger partial charge in [0, 0.05) is 25.2 Å². The normalized spacial score (nSPS) is 15.1. The molecular weight excluding hydrogens is 200 g/mol. The summed E-state index contributed by atoms with van der Waals surface area (Å²) in [5, 5.41) is 3.04. The number of hydrogen-bond donors (Lipinski definition) is 1. The fourth-order valence-electron chi connectivity index (χ4n) is 1.85. The van der Waals surface area contributed by atoms with Crippen LogP contribution >= 0.6 is 0 Å². The summed E-state index contributed by atoms with van der Waals surface area (Å²) < 4.78 is 5.42. The molecule has 0 aromatic carbocycles. The minimum Gasteiger partial charge on any atom is -0.500 e. The molecule has 1 aliphatic rings. The van der Waals surface area contributed by atoms with Crippen LogP contribution in [-0.4, -0.2) is 19.1 Å². The Hall–Kier alpha value is -1.77. The molecule has 3 nitrogen and oxygen atoms in total. The van der Waals surface area contributed by atoms with Crippen molar-refractivity contribution in [1.29, 1.82) is 0 Å². The van der Waals surface area contributed by atoms with Crippen LogP contribution in [0.4, 0.5) is 5.82 Å². The summed E-state index contributed by atoms with van der Waals surface area (Å²) >= 11 is 0. The standard InChI is InChI=1S/C13H16N2O/c1-14-13-9-10(7-8-15-13)11-5-3-4-6-12(11)16-2/h3,5,7-9H,4,6H2,1-2H3,(H,14,15). The highest BCUT2D eigenvalue weighted by molar-refractivity contribution is 5.77. The summed E-state index contributed by atoms with van der Waals surface area (Å²) in [6.45, 7) is 0. The molecule has 1 aromatic rings. The molecule has 0 bridgehead atoms. The lowest BCUT2D eigenvalue weighted by atomic mass is 9.98. The maximum absolute atomic E-state index is 5.42. The van der Waals surface area contributed by atoms with Gasteiger partial charge in [0.05, 0.1) is 7.11 Å². The lowest BCUT2D eigenvalue weighted by Gasteiger charge is -2.15. The second-order valence-corrected chi connectivity index (χ2v) is 3.66. The molecule has 0 fully saturated rings. The molecule has 0 saturated heterocycles. The number of anilines is 1. The molecule has 1 aliphatic carbocycles. The average Bonchev–Trinajstić information content (AvgIpc) is 2.38. The van der Waals surface area contributed by atoms with Crippen LogP contribution in [0.25, 0.3) is 5.57 Å². The van der Waals surface area contributed by atoms with E-state index >= 15 is 0 Å². The molecule has 0 aliphatic heterocycles. The van der Waals surface area contributed by atoms with Crippen LogP contribution < -0.4 is 5.32 Å². The van der Waals surface area contributed by atoms with Crippen molar-refractivity contribution in [2.24, 2.45) is 0 Å². The van der Waals surface area contributed by atoms with Crippen LogP contribution in [-0.2, 0) is 4.74 Å². The molecule has 0 radical (unpaired) electrons. The largest absolute Gasteiger partial charge is 0.500 e. The summed E-state index contributed by atoms with van der Waals surface area (Å²) in [5.41, 5.74) is 2.31. The first kappa shape index (κ1) is 10.7. The zero-order valence-corrected chi connectivity index (χ0v) is 9.66. The van der Waals surface area contributed by atoms with E-state index in [1.807, 2.05) is 25.4 Å². The lowest BCUT2D eigenvalue weighted by molar-refractivity contribution is 0.279. The Morgan fingerprint density at radius 1 is 1.44 bits per heavy atom. The van der Waals surface area contributed by atoms with Crippen LogP contribution in [0.2, 0.25) is 0 Å². The lowest BCUT2D eigenvalue weighted by Crippen LogP contribution is -1.99. The van der Waals surface area contributed by atoms with Gasteiger partial charge in [0.2, 0.25) is 0 Å². The quantitative estimate of drug-likeness (QED) is 0.843. The monoisotopic (exact) mass is 216 g/mol. The number of aromatic nitrogens is 1.